The van der Waals surface area contributed by atoms with Crippen molar-refractivity contribution in [1.82, 2.24) is 10.2 Å². The Balaban J connectivity index is 2.28. The molecule has 2 aliphatic heterocycles. The monoisotopic (exact) mass is 199 g/mol. The topological polar surface area (TPSA) is 47.9 Å². The van der Waals surface area contributed by atoms with Crippen molar-refractivity contribution in [1.29, 1.82) is 0 Å². The SMILES string of the molecule is CC1(C)CCN2CC(F)=C(O)NC2=N1. The zero-order valence-electron chi connectivity index (χ0n) is 8.34. The Morgan fingerprint density at radius 3 is 3.00 bits per heavy atom. The van der Waals surface area contributed by atoms with Gasteiger partial charge in [-0.1, -0.05) is 0 Å². The Labute approximate surface area is 82.1 Å². The van der Waals surface area contributed by atoms with Crippen LogP contribution in [-0.2, 0) is 0 Å². The average Bonchev–Trinajstić information content (AvgIpc) is 2.07. The minimum absolute atomic E-state index is 0.119. The van der Waals surface area contributed by atoms with E-state index < -0.39 is 11.7 Å². The van der Waals surface area contributed by atoms with E-state index in [1.807, 2.05) is 13.8 Å². The Morgan fingerprint density at radius 1 is 1.57 bits per heavy atom. The predicted molar refractivity (Wildman–Crippen MR) is 51.6 cm³/mol. The van der Waals surface area contributed by atoms with Crippen molar-refractivity contribution in [3.8, 4) is 0 Å². The summed E-state index contributed by atoms with van der Waals surface area (Å²) >= 11 is 0. The summed E-state index contributed by atoms with van der Waals surface area (Å²) in [5.41, 5.74) is -0.132. The summed E-state index contributed by atoms with van der Waals surface area (Å²) in [7, 11) is 0. The van der Waals surface area contributed by atoms with Crippen LogP contribution in [0.3, 0.4) is 0 Å². The summed E-state index contributed by atoms with van der Waals surface area (Å²) in [5.74, 6) is -0.360. The zero-order chi connectivity index (χ0) is 10.3. The number of aliphatic hydroxyl groups excluding tert-OH is 1. The Kier molecular flexibility index (Phi) is 1.90. The van der Waals surface area contributed by atoms with Gasteiger partial charge in [0.25, 0.3) is 0 Å². The smallest absolute Gasteiger partial charge is 0.225 e. The van der Waals surface area contributed by atoms with Crippen molar-refractivity contribution < 1.29 is 9.50 Å². The highest BCUT2D eigenvalue weighted by molar-refractivity contribution is 5.83. The van der Waals surface area contributed by atoms with Crippen LogP contribution in [0.5, 0.6) is 0 Å². The molecule has 2 rings (SSSR count). The van der Waals surface area contributed by atoms with Gasteiger partial charge >= 0.3 is 0 Å². The van der Waals surface area contributed by atoms with E-state index in [9.17, 15) is 9.50 Å². The molecule has 2 N–H and O–H groups in total. The number of hydrogen-bond donors (Lipinski definition) is 2. The number of nitrogens with one attached hydrogen (secondary N) is 1. The van der Waals surface area contributed by atoms with Gasteiger partial charge in [-0.2, -0.15) is 0 Å². The van der Waals surface area contributed by atoms with E-state index in [0.717, 1.165) is 13.0 Å². The fraction of sp³-hybridized carbons (Fsp3) is 0.667. The number of aliphatic imine (C=N–C) groups is 1. The molecule has 0 fully saturated rings. The molecule has 5 heteroatoms. The maximum Gasteiger partial charge on any atom is 0.225 e. The van der Waals surface area contributed by atoms with Gasteiger partial charge in [0.05, 0.1) is 12.1 Å². The zero-order valence-corrected chi connectivity index (χ0v) is 8.34. The molecule has 0 unspecified atom stereocenters. The van der Waals surface area contributed by atoms with Crippen molar-refractivity contribution in [3.63, 3.8) is 0 Å². The largest absolute Gasteiger partial charge is 0.493 e. The van der Waals surface area contributed by atoms with Crippen LogP contribution in [-0.4, -0.2) is 34.6 Å². The van der Waals surface area contributed by atoms with E-state index in [4.69, 9.17) is 0 Å². The molecule has 0 aromatic heterocycles. The van der Waals surface area contributed by atoms with Gasteiger partial charge in [-0.25, -0.2) is 9.38 Å². The van der Waals surface area contributed by atoms with Crippen molar-refractivity contribution >= 4 is 5.96 Å². The first kappa shape index (κ1) is 9.30. The number of nitrogens with zero attached hydrogens (tertiary/aromatic N) is 2. The molecule has 0 aromatic rings. The second kappa shape index (κ2) is 2.87. The summed E-state index contributed by atoms with van der Waals surface area (Å²) in [5, 5.41) is 11.7. The highest BCUT2D eigenvalue weighted by atomic mass is 19.1. The molecule has 4 nitrogen and oxygen atoms in total. The minimum atomic E-state index is -0.524. The number of hydrogen-bond acceptors (Lipinski definition) is 4. The molecule has 78 valence electrons. The van der Waals surface area contributed by atoms with Gasteiger partial charge in [-0.05, 0) is 20.3 Å². The lowest BCUT2D eigenvalue weighted by atomic mass is 9.99. The lowest BCUT2D eigenvalue weighted by molar-refractivity contribution is 0.261. The van der Waals surface area contributed by atoms with E-state index >= 15 is 0 Å². The molecule has 0 atom stereocenters. The Morgan fingerprint density at radius 2 is 2.29 bits per heavy atom. The molecule has 14 heavy (non-hydrogen) atoms. The van der Waals surface area contributed by atoms with E-state index in [2.05, 4.69) is 10.3 Å². The first-order valence-electron chi connectivity index (χ1n) is 4.67. The number of aliphatic hydroxyl groups is 1. The van der Waals surface area contributed by atoms with Crippen LogP contribution in [0.4, 0.5) is 4.39 Å². The quantitative estimate of drug-likeness (QED) is 0.614. The Bertz CT molecular complexity index is 322. The van der Waals surface area contributed by atoms with Gasteiger partial charge < -0.3 is 10.0 Å². The number of halogens is 1. The lowest BCUT2D eigenvalue weighted by Gasteiger charge is -2.38. The second-order valence-corrected chi connectivity index (χ2v) is 4.30. The summed E-state index contributed by atoms with van der Waals surface area (Å²) in [4.78, 5) is 6.18. The molecular weight excluding hydrogens is 185 g/mol. The fourth-order valence-electron chi connectivity index (χ4n) is 1.60. The van der Waals surface area contributed by atoms with Crippen molar-refractivity contribution in [2.45, 2.75) is 25.8 Å². The van der Waals surface area contributed by atoms with Gasteiger partial charge in [0.1, 0.15) is 0 Å². The van der Waals surface area contributed by atoms with Crippen molar-refractivity contribution in [2.75, 3.05) is 13.1 Å². The molecule has 0 aliphatic carbocycles. The molecule has 2 aliphatic rings. The van der Waals surface area contributed by atoms with Crippen LogP contribution < -0.4 is 5.32 Å². The third-order valence-corrected chi connectivity index (χ3v) is 2.52. The number of fused-ring (bicyclic) bond motifs is 1. The van der Waals surface area contributed by atoms with Crippen molar-refractivity contribution in [3.05, 3.63) is 11.7 Å². The van der Waals surface area contributed by atoms with E-state index in [1.54, 1.807) is 4.90 Å². The molecule has 0 spiro atoms. The summed E-state index contributed by atoms with van der Waals surface area (Å²) in [6, 6.07) is 0. The average molecular weight is 199 g/mol. The van der Waals surface area contributed by atoms with E-state index in [0.29, 0.717) is 5.96 Å². The number of guanidine groups is 1. The first-order chi connectivity index (χ1) is 6.48. The third kappa shape index (κ3) is 1.54. The standard InChI is InChI=1S/C9H14FN3O/c1-9(2)3-4-13-5-6(10)7(14)11-8(13)12-9/h14H,3-5H2,1-2H3,(H,11,12). The Hall–Kier alpha value is -1.26. The maximum absolute atomic E-state index is 13.0. The van der Waals surface area contributed by atoms with Gasteiger partial charge in [-0.15, -0.1) is 0 Å². The molecule has 0 saturated carbocycles. The van der Waals surface area contributed by atoms with Crippen molar-refractivity contribution in [2.24, 2.45) is 4.99 Å². The second-order valence-electron chi connectivity index (χ2n) is 4.30. The van der Waals surface area contributed by atoms with Crippen LogP contribution in [0.2, 0.25) is 0 Å². The van der Waals surface area contributed by atoms with Gasteiger partial charge in [-0.3, -0.25) is 5.32 Å². The normalized spacial score (nSPS) is 25.4. The summed E-state index contributed by atoms with van der Waals surface area (Å²) in [6.07, 6.45) is 0.895. The van der Waals surface area contributed by atoms with Crippen LogP contribution in [0, 0.1) is 0 Å². The molecule has 0 amide bonds. The fourth-order valence-corrected chi connectivity index (χ4v) is 1.60. The van der Waals surface area contributed by atoms with E-state index in [-0.39, 0.29) is 12.1 Å². The van der Waals surface area contributed by atoms with Crippen LogP contribution in [0.15, 0.2) is 16.7 Å². The van der Waals surface area contributed by atoms with E-state index in [1.165, 1.54) is 0 Å². The molecule has 0 radical (unpaired) electrons. The first-order valence-corrected chi connectivity index (χ1v) is 4.67. The highest BCUT2D eigenvalue weighted by Gasteiger charge is 2.31. The molecule has 0 bridgehead atoms. The van der Waals surface area contributed by atoms with Gasteiger partial charge in [0.2, 0.25) is 11.8 Å². The highest BCUT2D eigenvalue weighted by Crippen LogP contribution is 2.23. The summed E-state index contributed by atoms with van der Waals surface area (Å²) in [6.45, 7) is 4.92. The van der Waals surface area contributed by atoms with Crippen LogP contribution >= 0.6 is 0 Å². The van der Waals surface area contributed by atoms with Crippen LogP contribution in [0.25, 0.3) is 0 Å². The van der Waals surface area contributed by atoms with Crippen LogP contribution in [0.1, 0.15) is 20.3 Å². The van der Waals surface area contributed by atoms with Gasteiger partial charge in [0.15, 0.2) is 5.83 Å². The summed E-state index contributed by atoms with van der Waals surface area (Å²) < 4.78 is 13.0. The maximum atomic E-state index is 13.0. The minimum Gasteiger partial charge on any atom is -0.493 e. The number of rotatable bonds is 0. The molecule has 0 saturated heterocycles. The third-order valence-electron chi connectivity index (χ3n) is 2.52. The molecule has 2 heterocycles. The molecule has 0 aromatic carbocycles. The lowest BCUT2D eigenvalue weighted by Crippen LogP contribution is -2.51. The molecular formula is C9H14FN3O. The predicted octanol–water partition coefficient (Wildman–Crippen LogP) is 1.13. The van der Waals surface area contributed by atoms with Gasteiger partial charge in [0, 0.05) is 6.54 Å².